The smallest absolute Gasteiger partial charge is 0.0478 e. The van der Waals surface area contributed by atoms with Gasteiger partial charge in [0, 0.05) is 26.3 Å². The lowest BCUT2D eigenvalue weighted by Gasteiger charge is -2.13. The van der Waals surface area contributed by atoms with Gasteiger partial charge in [-0.05, 0) is 33.0 Å². The minimum absolute atomic E-state index is 0.893. The zero-order chi connectivity index (χ0) is 10.6. The standard InChI is InChI=1S/C11H26N2O/c1-4-10-14-11-6-7-12-8-9-13(3)5-2/h12H,4-11H2,1-3H3. The van der Waals surface area contributed by atoms with Crippen molar-refractivity contribution in [2.45, 2.75) is 26.7 Å². The van der Waals surface area contributed by atoms with Gasteiger partial charge in [-0.2, -0.15) is 0 Å². The number of nitrogens with zero attached hydrogens (tertiary/aromatic N) is 1. The number of likely N-dealkylation sites (N-methyl/N-ethyl adjacent to an activating group) is 1. The molecule has 1 N–H and O–H groups in total. The van der Waals surface area contributed by atoms with Crippen LogP contribution in [0.15, 0.2) is 0 Å². The summed E-state index contributed by atoms with van der Waals surface area (Å²) in [6, 6.07) is 0. The molecule has 0 saturated heterocycles. The van der Waals surface area contributed by atoms with Gasteiger partial charge in [0.25, 0.3) is 0 Å². The third-order valence-electron chi connectivity index (χ3n) is 2.20. The Morgan fingerprint density at radius 1 is 1.14 bits per heavy atom. The molecule has 0 aromatic rings. The highest BCUT2D eigenvalue weighted by atomic mass is 16.5. The molecule has 14 heavy (non-hydrogen) atoms. The largest absolute Gasteiger partial charge is 0.381 e. The second-order valence-electron chi connectivity index (χ2n) is 3.61. The second kappa shape index (κ2) is 11.0. The Balaban J connectivity index is 2.92. The van der Waals surface area contributed by atoms with Gasteiger partial charge >= 0.3 is 0 Å². The predicted molar refractivity (Wildman–Crippen MR) is 61.8 cm³/mol. The van der Waals surface area contributed by atoms with E-state index in [1.807, 2.05) is 0 Å². The van der Waals surface area contributed by atoms with E-state index in [0.29, 0.717) is 0 Å². The van der Waals surface area contributed by atoms with Crippen molar-refractivity contribution in [1.82, 2.24) is 10.2 Å². The molecule has 0 atom stereocenters. The maximum Gasteiger partial charge on any atom is 0.0478 e. The molecule has 0 unspecified atom stereocenters. The van der Waals surface area contributed by atoms with Gasteiger partial charge in [-0.1, -0.05) is 13.8 Å². The third kappa shape index (κ3) is 9.96. The lowest BCUT2D eigenvalue weighted by Crippen LogP contribution is -2.29. The molecule has 86 valence electrons. The van der Waals surface area contributed by atoms with Crippen molar-refractivity contribution in [2.24, 2.45) is 0 Å². The lowest BCUT2D eigenvalue weighted by molar-refractivity contribution is 0.132. The average Bonchev–Trinajstić information content (AvgIpc) is 2.21. The van der Waals surface area contributed by atoms with Crippen LogP contribution in [0.2, 0.25) is 0 Å². The first kappa shape index (κ1) is 13.9. The maximum absolute atomic E-state index is 5.38. The number of hydrogen-bond acceptors (Lipinski definition) is 3. The first-order chi connectivity index (χ1) is 6.81. The van der Waals surface area contributed by atoms with E-state index in [0.717, 1.165) is 52.2 Å². The molecule has 0 heterocycles. The summed E-state index contributed by atoms with van der Waals surface area (Å²) in [4.78, 5) is 2.31. The highest BCUT2D eigenvalue weighted by Gasteiger charge is 1.93. The fourth-order valence-electron chi connectivity index (χ4n) is 1.10. The van der Waals surface area contributed by atoms with Crippen molar-refractivity contribution in [1.29, 1.82) is 0 Å². The van der Waals surface area contributed by atoms with Crippen LogP contribution in [-0.4, -0.2) is 51.3 Å². The van der Waals surface area contributed by atoms with Crippen LogP contribution in [0.25, 0.3) is 0 Å². The van der Waals surface area contributed by atoms with Crippen LogP contribution < -0.4 is 5.32 Å². The molecule has 0 saturated carbocycles. The van der Waals surface area contributed by atoms with Crippen LogP contribution in [0.3, 0.4) is 0 Å². The number of rotatable bonds is 10. The highest BCUT2D eigenvalue weighted by molar-refractivity contribution is 4.52. The monoisotopic (exact) mass is 202 g/mol. The lowest BCUT2D eigenvalue weighted by atomic mass is 10.4. The molecule has 3 nitrogen and oxygen atoms in total. The number of ether oxygens (including phenoxy) is 1. The maximum atomic E-state index is 5.38. The van der Waals surface area contributed by atoms with Gasteiger partial charge in [-0.25, -0.2) is 0 Å². The molecule has 0 fully saturated rings. The highest BCUT2D eigenvalue weighted by Crippen LogP contribution is 1.84. The Morgan fingerprint density at radius 3 is 2.57 bits per heavy atom. The van der Waals surface area contributed by atoms with Crippen molar-refractivity contribution >= 4 is 0 Å². The van der Waals surface area contributed by atoms with Crippen LogP contribution in [-0.2, 0) is 4.74 Å². The Labute approximate surface area is 88.8 Å². The third-order valence-corrected chi connectivity index (χ3v) is 2.20. The summed E-state index contributed by atoms with van der Waals surface area (Å²) in [7, 11) is 2.14. The first-order valence-corrected chi connectivity index (χ1v) is 5.78. The molecule has 0 aliphatic rings. The van der Waals surface area contributed by atoms with Gasteiger partial charge in [0.05, 0.1) is 0 Å². The molecule has 0 aromatic heterocycles. The van der Waals surface area contributed by atoms with Crippen molar-refractivity contribution < 1.29 is 4.74 Å². The van der Waals surface area contributed by atoms with E-state index in [9.17, 15) is 0 Å². The van der Waals surface area contributed by atoms with Gasteiger partial charge in [-0.3, -0.25) is 0 Å². The fraction of sp³-hybridized carbons (Fsp3) is 1.00. The summed E-state index contributed by atoms with van der Waals surface area (Å²) >= 11 is 0. The van der Waals surface area contributed by atoms with E-state index in [1.165, 1.54) is 0 Å². The Kier molecular flexibility index (Phi) is 10.9. The number of nitrogens with one attached hydrogen (secondary N) is 1. The van der Waals surface area contributed by atoms with Crippen LogP contribution in [0.4, 0.5) is 0 Å². The quantitative estimate of drug-likeness (QED) is 0.541. The normalized spacial score (nSPS) is 11.1. The van der Waals surface area contributed by atoms with E-state index >= 15 is 0 Å². The molecule has 0 bridgehead atoms. The van der Waals surface area contributed by atoms with E-state index in [1.54, 1.807) is 0 Å². The SMILES string of the molecule is CCCOCCCNCCN(C)CC. The van der Waals surface area contributed by atoms with Gasteiger partial charge in [0.15, 0.2) is 0 Å². The van der Waals surface area contributed by atoms with Crippen molar-refractivity contribution in [2.75, 3.05) is 46.4 Å². The van der Waals surface area contributed by atoms with Crippen molar-refractivity contribution in [3.8, 4) is 0 Å². The van der Waals surface area contributed by atoms with Crippen molar-refractivity contribution in [3.63, 3.8) is 0 Å². The minimum atomic E-state index is 0.893. The molecule has 3 heteroatoms. The van der Waals surface area contributed by atoms with Gasteiger partial charge in [-0.15, -0.1) is 0 Å². The second-order valence-corrected chi connectivity index (χ2v) is 3.61. The summed E-state index contributed by atoms with van der Waals surface area (Å²) in [6.07, 6.45) is 2.24. The molecule has 0 aliphatic heterocycles. The van der Waals surface area contributed by atoms with E-state index < -0.39 is 0 Å². The van der Waals surface area contributed by atoms with Gasteiger partial charge in [0.1, 0.15) is 0 Å². The summed E-state index contributed by atoms with van der Waals surface area (Å²) in [5, 5.41) is 3.41. The fourth-order valence-corrected chi connectivity index (χ4v) is 1.10. The molecule has 0 aliphatic carbocycles. The molecule has 0 radical (unpaired) electrons. The van der Waals surface area contributed by atoms with Crippen LogP contribution in [0.5, 0.6) is 0 Å². The summed E-state index contributed by atoms with van der Waals surface area (Å²) in [6.45, 7) is 10.5. The molecular weight excluding hydrogens is 176 g/mol. The number of hydrogen-bond donors (Lipinski definition) is 1. The summed E-state index contributed by atoms with van der Waals surface area (Å²) in [5.41, 5.74) is 0. The molecule has 0 aromatic carbocycles. The average molecular weight is 202 g/mol. The molecule has 0 amide bonds. The van der Waals surface area contributed by atoms with Crippen LogP contribution in [0.1, 0.15) is 26.7 Å². The van der Waals surface area contributed by atoms with Gasteiger partial charge < -0.3 is 15.0 Å². The molecule has 0 spiro atoms. The Morgan fingerprint density at radius 2 is 1.93 bits per heavy atom. The molecular formula is C11H26N2O. The zero-order valence-electron chi connectivity index (χ0n) is 10.0. The first-order valence-electron chi connectivity index (χ1n) is 5.78. The van der Waals surface area contributed by atoms with Crippen molar-refractivity contribution in [3.05, 3.63) is 0 Å². The summed E-state index contributed by atoms with van der Waals surface area (Å²) in [5.74, 6) is 0. The Bertz CT molecular complexity index is 109. The van der Waals surface area contributed by atoms with E-state index in [2.05, 4.69) is 31.1 Å². The van der Waals surface area contributed by atoms with E-state index in [4.69, 9.17) is 4.74 Å². The topological polar surface area (TPSA) is 24.5 Å². The van der Waals surface area contributed by atoms with Crippen LogP contribution in [0, 0.1) is 0 Å². The Hall–Kier alpha value is -0.120. The van der Waals surface area contributed by atoms with Gasteiger partial charge in [0.2, 0.25) is 0 Å². The van der Waals surface area contributed by atoms with Crippen LogP contribution >= 0.6 is 0 Å². The zero-order valence-corrected chi connectivity index (χ0v) is 10.0. The summed E-state index contributed by atoms with van der Waals surface area (Å²) < 4.78 is 5.38. The van der Waals surface area contributed by atoms with E-state index in [-0.39, 0.29) is 0 Å². The predicted octanol–water partition coefficient (Wildman–Crippen LogP) is 1.34. The molecule has 0 rings (SSSR count). The minimum Gasteiger partial charge on any atom is -0.381 e.